The minimum atomic E-state index is -1.62. The number of ketones is 1. The average Bonchev–Trinajstić information content (AvgIpc) is 3.36. The molecule has 0 spiro atoms. The van der Waals surface area contributed by atoms with Gasteiger partial charge in [-0.05, 0) is 70.3 Å². The van der Waals surface area contributed by atoms with Crippen LogP contribution in [0.1, 0.15) is 154 Å². The van der Waals surface area contributed by atoms with Crippen LogP contribution in [0, 0.1) is 5.92 Å². The molecule has 0 aromatic heterocycles. The molecule has 0 heterocycles. The van der Waals surface area contributed by atoms with Crippen molar-refractivity contribution in [1.29, 1.82) is 0 Å². The van der Waals surface area contributed by atoms with Gasteiger partial charge in [0.05, 0.1) is 16.1 Å². The highest BCUT2D eigenvalue weighted by atomic mass is 33.2. The SMILES string of the molecule is CSSCSSCSSC.NO.[2H]N[C@@H](CCCCNC(=O)CC[C@H](CC(=O)CC[C@H](NC(=O)CC[C@H](NC(=O)CC[C@H](NC(=O)CCCCCCCCCCCCC(=O)O)C(=O)O)C(=O)O)C(=O)O)C(=O)O)C(=O)O. The van der Waals surface area contributed by atoms with Gasteiger partial charge in [0.1, 0.15) is 31.4 Å². The monoisotopic (exact) mass is 1190 g/mol. The molecule has 4 amide bonds. The fraction of sp³-hybridized carbons (Fsp3) is 0.756. The molecule has 0 aliphatic rings. The highest BCUT2D eigenvalue weighted by Gasteiger charge is 2.28. The molecule has 0 aliphatic heterocycles. The lowest BCUT2D eigenvalue weighted by atomic mass is 9.94. The van der Waals surface area contributed by atoms with Crippen LogP contribution >= 0.6 is 64.8 Å². The number of carbonyl (C=O) groups excluding carboxylic acids is 5. The molecule has 0 unspecified atom stereocenters. The number of rotatable bonds is 48. The molecule has 0 fully saturated rings. The zero-order chi connectivity index (χ0) is 58.1. The number of aliphatic carboxylic acids is 6. The van der Waals surface area contributed by atoms with E-state index in [1.165, 1.54) is 10.2 Å². The third-order valence-electron chi connectivity index (χ3n) is 10.6. The molecule has 15 N–H and O–H groups in total. The maximum atomic E-state index is 12.6. The van der Waals surface area contributed by atoms with Crippen LogP contribution in [0.4, 0.5) is 0 Å². The molecule has 0 saturated carbocycles. The summed E-state index contributed by atoms with van der Waals surface area (Å²) in [5, 5.41) is 74.0. The molecular weight excluding hydrogens is 1100 g/mol. The van der Waals surface area contributed by atoms with Crippen molar-refractivity contribution in [2.75, 3.05) is 29.2 Å². The zero-order valence-corrected chi connectivity index (χ0v) is 47.5. The number of Topliss-reactive ketones (excluding diaryl/α,β-unsaturated/α-hetero) is 1. The van der Waals surface area contributed by atoms with Crippen molar-refractivity contribution in [3.63, 3.8) is 0 Å². The number of nitrogens with one attached hydrogen (secondary N) is 4. The first-order chi connectivity index (χ1) is 36.2. The van der Waals surface area contributed by atoms with Gasteiger partial charge in [-0.25, -0.2) is 20.3 Å². The molecular formula is C45H80N6O18S6. The van der Waals surface area contributed by atoms with Crippen LogP contribution in [0.25, 0.3) is 0 Å². The number of carboxylic acid groups (broad SMARTS) is 6. The molecule has 24 nitrogen and oxygen atoms in total. The predicted molar refractivity (Wildman–Crippen MR) is 295 cm³/mol. The summed E-state index contributed by atoms with van der Waals surface area (Å²) in [6.45, 7) is 0.178. The van der Waals surface area contributed by atoms with E-state index in [1.54, 1.807) is 0 Å². The van der Waals surface area contributed by atoms with E-state index in [0.717, 1.165) is 51.4 Å². The van der Waals surface area contributed by atoms with Crippen molar-refractivity contribution in [1.82, 2.24) is 21.3 Å². The van der Waals surface area contributed by atoms with Crippen molar-refractivity contribution >= 4 is 130 Å². The second-order valence-electron chi connectivity index (χ2n) is 16.5. The highest BCUT2D eigenvalue weighted by molar-refractivity contribution is 8.88. The number of hydrogen-bond acceptors (Lipinski definition) is 20. The Labute approximate surface area is 463 Å². The molecule has 75 heavy (non-hydrogen) atoms. The lowest BCUT2D eigenvalue weighted by Crippen LogP contribution is -2.45. The summed E-state index contributed by atoms with van der Waals surface area (Å²) < 4.78 is 6.98. The van der Waals surface area contributed by atoms with E-state index < -0.39 is 134 Å². The van der Waals surface area contributed by atoms with Gasteiger partial charge in [-0.15, -0.1) is 0 Å². The van der Waals surface area contributed by atoms with Crippen LogP contribution in [0.3, 0.4) is 0 Å². The first-order valence-corrected chi connectivity index (χ1v) is 32.1. The second kappa shape index (κ2) is 51.1. The summed E-state index contributed by atoms with van der Waals surface area (Å²) >= 11 is 0. The number of carboxylic acids is 6. The molecule has 0 saturated heterocycles. The Morgan fingerprint density at radius 2 is 0.840 bits per heavy atom. The Morgan fingerprint density at radius 1 is 0.440 bits per heavy atom. The first kappa shape index (κ1) is 73.4. The average molecular weight is 1190 g/mol. The molecule has 0 rings (SSSR count). The van der Waals surface area contributed by atoms with Gasteiger partial charge in [-0.2, -0.15) is 0 Å². The van der Waals surface area contributed by atoms with E-state index in [4.69, 9.17) is 16.8 Å². The molecule has 0 aromatic rings. The fourth-order valence-corrected chi connectivity index (χ4v) is 13.9. The van der Waals surface area contributed by atoms with Gasteiger partial charge in [0, 0.05) is 51.5 Å². The van der Waals surface area contributed by atoms with Crippen LogP contribution in [0.2, 0.25) is 1.41 Å². The van der Waals surface area contributed by atoms with Gasteiger partial charge in [-0.1, -0.05) is 116 Å². The molecule has 0 bridgehead atoms. The van der Waals surface area contributed by atoms with E-state index in [0.29, 0.717) is 25.7 Å². The normalized spacial score (nSPS) is 12.8. The van der Waals surface area contributed by atoms with E-state index in [-0.39, 0.29) is 45.1 Å². The topological polar surface area (TPSA) is 430 Å². The minimum Gasteiger partial charge on any atom is -0.481 e. The highest BCUT2D eigenvalue weighted by Crippen LogP contribution is 2.35. The van der Waals surface area contributed by atoms with Crippen molar-refractivity contribution in [2.45, 2.75) is 178 Å². The van der Waals surface area contributed by atoms with Crippen molar-refractivity contribution < 1.29 is 90.0 Å². The summed E-state index contributed by atoms with van der Waals surface area (Å²) in [6.07, 6.45) is 10.5. The summed E-state index contributed by atoms with van der Waals surface area (Å²) in [6, 6.07) is -5.71. The van der Waals surface area contributed by atoms with Crippen molar-refractivity contribution in [3.05, 3.63) is 0 Å². The Balaban J connectivity index is -0.00000394. The first-order valence-electron chi connectivity index (χ1n) is 24.7. The Kier molecular flexibility index (Phi) is 50.1. The molecule has 0 aliphatic carbocycles. The molecule has 0 radical (unpaired) electrons. The van der Waals surface area contributed by atoms with Crippen LogP contribution < -0.4 is 32.9 Å². The molecule has 0 aromatic carbocycles. The van der Waals surface area contributed by atoms with Gasteiger partial charge < -0.3 is 62.8 Å². The van der Waals surface area contributed by atoms with Crippen LogP contribution in [0.5, 0.6) is 0 Å². The zero-order valence-electron chi connectivity index (χ0n) is 43.6. The van der Waals surface area contributed by atoms with Crippen LogP contribution in [0.15, 0.2) is 0 Å². The Hall–Kier alpha value is -3.65. The number of nitrogens with two attached hydrogens (primary N) is 2. The van der Waals surface area contributed by atoms with Crippen molar-refractivity contribution in [2.24, 2.45) is 17.5 Å². The minimum absolute atomic E-state index is 0.0753. The molecule has 5 atom stereocenters. The summed E-state index contributed by atoms with van der Waals surface area (Å²) in [7, 11) is 11.4. The largest absolute Gasteiger partial charge is 0.481 e. The van der Waals surface area contributed by atoms with Gasteiger partial charge in [0.15, 0.2) is 0 Å². The number of amides is 4. The number of hydrogen-bond donors (Lipinski definition) is 13. The van der Waals surface area contributed by atoms with E-state index in [9.17, 15) is 73.2 Å². The van der Waals surface area contributed by atoms with Gasteiger partial charge >= 0.3 is 35.8 Å². The fourth-order valence-electron chi connectivity index (χ4n) is 6.52. The van der Waals surface area contributed by atoms with Gasteiger partial charge in [0.25, 0.3) is 0 Å². The number of unbranched alkanes of at least 4 members (excludes halogenated alkanes) is 10. The Morgan fingerprint density at radius 3 is 1.23 bits per heavy atom. The Bertz CT molecular complexity index is 1710. The standard InChI is InChI=1S/C41H67N5O17.C4H10S6.H3NO/c42-28(38(56)57)13-11-12-24-43-32(48)21-16-26(37(54)55)25-27(47)17-18-29(39(58)59)45-34(50)23-20-31(41(62)63)46-35(51)22-19-30(40(60)61)44-33(49)14-9-7-5-3-1-2-4-6-8-10-15-36(52)53;1-5-7-3-9-10-4-8-6-2;1-2/h26,28-31H,1-25,42H2,(H,43,48)(H,44,49)(H,45,50)(H,46,51)(H,52,53)(H,54,55)(H,56,57)(H,58,59)(H,60,61)(H,62,63);3-4H2,1-2H3;2H,1H2/t26-,28+,29+,30+,31+;;/m1../s1/i/hD. The third kappa shape index (κ3) is 48.5. The lowest BCUT2D eigenvalue weighted by molar-refractivity contribution is -0.145. The second-order valence-corrected chi connectivity index (χ2v) is 24.8. The summed E-state index contributed by atoms with van der Waals surface area (Å²) in [5.41, 5.74) is 1.91. The predicted octanol–water partition coefficient (Wildman–Crippen LogP) is 5.58. The summed E-state index contributed by atoms with van der Waals surface area (Å²) in [4.78, 5) is 131. The van der Waals surface area contributed by atoms with Crippen molar-refractivity contribution in [3.8, 4) is 0 Å². The molecule has 30 heteroatoms. The third-order valence-corrected chi connectivity index (χ3v) is 18.1. The van der Waals surface area contributed by atoms with E-state index in [2.05, 4.69) is 39.7 Å². The van der Waals surface area contributed by atoms with Crippen LogP contribution in [-0.2, 0) is 52.7 Å². The smallest absolute Gasteiger partial charge is 0.326 e. The van der Waals surface area contributed by atoms with Gasteiger partial charge in [-0.3, -0.25) is 38.4 Å². The summed E-state index contributed by atoms with van der Waals surface area (Å²) in [5.74, 6) is -9.04. The molecule has 434 valence electrons. The van der Waals surface area contributed by atoms with Crippen LogP contribution in [-0.4, -0.2) is 154 Å². The quantitative estimate of drug-likeness (QED) is 0.0153. The maximum absolute atomic E-state index is 12.6. The van der Waals surface area contributed by atoms with E-state index in [1.807, 2.05) is 70.5 Å². The maximum Gasteiger partial charge on any atom is 0.326 e. The van der Waals surface area contributed by atoms with E-state index >= 15 is 0 Å². The number of carbonyl (C=O) groups is 11. The van der Waals surface area contributed by atoms with Gasteiger partial charge in [0.2, 0.25) is 23.6 Å². The lowest BCUT2D eigenvalue weighted by Gasteiger charge is -2.18.